The van der Waals surface area contributed by atoms with Gasteiger partial charge in [0.2, 0.25) is 5.91 Å². The van der Waals surface area contributed by atoms with Crippen molar-refractivity contribution < 1.29 is 4.79 Å². The van der Waals surface area contributed by atoms with Crippen molar-refractivity contribution in [3.05, 3.63) is 48.0 Å². The number of hydrogen-bond acceptors (Lipinski definition) is 2. The van der Waals surface area contributed by atoms with Gasteiger partial charge in [-0.3, -0.25) is 4.79 Å². The fraction of sp³-hybridized carbons (Fsp3) is 0.471. The summed E-state index contributed by atoms with van der Waals surface area (Å²) in [5.41, 5.74) is 2.47. The zero-order chi connectivity index (χ0) is 14.4. The predicted octanol–water partition coefficient (Wildman–Crippen LogP) is 2.65. The molecule has 1 N–H and O–H groups in total. The maximum atomic E-state index is 12.0. The van der Waals surface area contributed by atoms with E-state index >= 15 is 0 Å². The molecule has 3 nitrogen and oxygen atoms in total. The highest BCUT2D eigenvalue weighted by Crippen LogP contribution is 2.23. The van der Waals surface area contributed by atoms with Crippen molar-refractivity contribution >= 4 is 5.91 Å². The van der Waals surface area contributed by atoms with Crippen LogP contribution < -0.4 is 5.32 Å². The van der Waals surface area contributed by atoms with E-state index in [4.69, 9.17) is 0 Å². The molecule has 0 spiro atoms. The fourth-order valence-corrected chi connectivity index (χ4v) is 2.67. The maximum Gasteiger partial charge on any atom is 0.223 e. The average Bonchev–Trinajstić information content (AvgIpc) is 2.79. The number of benzene rings is 1. The molecule has 0 aromatic heterocycles. The highest BCUT2D eigenvalue weighted by atomic mass is 16.2. The number of carbonyl (C=O) groups is 1. The molecule has 1 amide bonds. The van der Waals surface area contributed by atoms with E-state index in [1.54, 1.807) is 0 Å². The van der Waals surface area contributed by atoms with E-state index in [1.165, 1.54) is 11.1 Å². The highest BCUT2D eigenvalue weighted by Gasteiger charge is 2.30. The maximum absolute atomic E-state index is 12.0. The zero-order valence-corrected chi connectivity index (χ0v) is 12.3. The van der Waals surface area contributed by atoms with Gasteiger partial charge < -0.3 is 10.2 Å². The minimum Gasteiger partial charge on any atom is -0.335 e. The van der Waals surface area contributed by atoms with Crippen LogP contribution in [0.1, 0.15) is 30.4 Å². The van der Waals surface area contributed by atoms with Crippen LogP contribution in [0.4, 0.5) is 0 Å². The first-order valence-corrected chi connectivity index (χ1v) is 7.37. The van der Waals surface area contributed by atoms with Crippen LogP contribution in [0.25, 0.3) is 0 Å². The van der Waals surface area contributed by atoms with Crippen molar-refractivity contribution in [1.29, 1.82) is 0 Å². The number of nitrogens with one attached hydrogen (secondary N) is 1. The van der Waals surface area contributed by atoms with Gasteiger partial charge in [-0.05, 0) is 31.9 Å². The molecule has 2 rings (SSSR count). The lowest BCUT2D eigenvalue weighted by Gasteiger charge is -2.25. The van der Waals surface area contributed by atoms with E-state index in [-0.39, 0.29) is 0 Å². The lowest BCUT2D eigenvalue weighted by atomic mass is 10.1. The molecular weight excluding hydrogens is 248 g/mol. The Labute approximate surface area is 121 Å². The van der Waals surface area contributed by atoms with Crippen molar-refractivity contribution in [1.82, 2.24) is 10.2 Å². The molecule has 0 radical (unpaired) electrons. The van der Waals surface area contributed by atoms with Gasteiger partial charge in [0.15, 0.2) is 0 Å². The summed E-state index contributed by atoms with van der Waals surface area (Å²) in [5, 5.41) is 3.31. The molecule has 1 aliphatic heterocycles. The van der Waals surface area contributed by atoms with Crippen LogP contribution in [-0.2, 0) is 11.3 Å². The third kappa shape index (κ3) is 3.94. The number of likely N-dealkylation sites (tertiary alicyclic amines) is 1. The summed E-state index contributed by atoms with van der Waals surface area (Å²) in [7, 11) is 0. The monoisotopic (exact) mass is 272 g/mol. The van der Waals surface area contributed by atoms with E-state index in [0.29, 0.717) is 18.4 Å². The van der Waals surface area contributed by atoms with Crippen molar-refractivity contribution in [2.45, 2.75) is 38.8 Å². The number of nitrogens with zero attached hydrogens (tertiary/aromatic N) is 1. The predicted molar refractivity (Wildman–Crippen MR) is 82.4 cm³/mol. The molecule has 3 heteroatoms. The van der Waals surface area contributed by atoms with Crippen molar-refractivity contribution in [2.75, 3.05) is 13.1 Å². The Balaban J connectivity index is 1.90. The Morgan fingerprint density at radius 2 is 2.15 bits per heavy atom. The molecule has 20 heavy (non-hydrogen) atoms. The van der Waals surface area contributed by atoms with Crippen LogP contribution in [0.2, 0.25) is 0 Å². The summed E-state index contributed by atoms with van der Waals surface area (Å²) in [6.07, 6.45) is 4.56. The van der Waals surface area contributed by atoms with Gasteiger partial charge in [0.25, 0.3) is 0 Å². The van der Waals surface area contributed by atoms with Crippen LogP contribution in [0.3, 0.4) is 0 Å². The summed E-state index contributed by atoms with van der Waals surface area (Å²) in [4.78, 5) is 14.1. The van der Waals surface area contributed by atoms with Crippen LogP contribution >= 0.6 is 0 Å². The largest absolute Gasteiger partial charge is 0.335 e. The quantitative estimate of drug-likeness (QED) is 0.611. The standard InChI is InChI=1S/C17H24N2O/c1-3-11-18-12-10-16-8-9-17(20)19(16)13-15-6-4-14(2)5-7-15/h3-7,16,18H,1,8-13H2,2H3. The van der Waals surface area contributed by atoms with E-state index in [9.17, 15) is 4.79 Å². The van der Waals surface area contributed by atoms with Gasteiger partial charge in [-0.25, -0.2) is 0 Å². The lowest BCUT2D eigenvalue weighted by Crippen LogP contribution is -2.34. The van der Waals surface area contributed by atoms with Gasteiger partial charge in [-0.15, -0.1) is 6.58 Å². The lowest BCUT2D eigenvalue weighted by molar-refractivity contribution is -0.129. The average molecular weight is 272 g/mol. The second-order valence-corrected chi connectivity index (χ2v) is 5.48. The smallest absolute Gasteiger partial charge is 0.223 e. The highest BCUT2D eigenvalue weighted by molar-refractivity contribution is 5.78. The molecule has 1 unspecified atom stereocenters. The number of aryl methyl sites for hydroxylation is 1. The minimum absolute atomic E-state index is 0.291. The number of amides is 1. The minimum atomic E-state index is 0.291. The SMILES string of the molecule is C=CCNCCC1CCC(=O)N1Cc1ccc(C)cc1. The van der Waals surface area contributed by atoms with Gasteiger partial charge >= 0.3 is 0 Å². The molecule has 1 aromatic carbocycles. The molecule has 0 saturated carbocycles. The van der Waals surface area contributed by atoms with Gasteiger partial charge in [0, 0.05) is 25.6 Å². The Kier molecular flexibility index (Phi) is 5.36. The van der Waals surface area contributed by atoms with E-state index in [1.807, 2.05) is 11.0 Å². The molecule has 1 aliphatic rings. The summed E-state index contributed by atoms with van der Waals surface area (Å²) < 4.78 is 0. The summed E-state index contributed by atoms with van der Waals surface area (Å²) in [6, 6.07) is 8.83. The van der Waals surface area contributed by atoms with Gasteiger partial charge in [0.05, 0.1) is 0 Å². The Morgan fingerprint density at radius 1 is 1.40 bits per heavy atom. The Bertz CT molecular complexity index is 453. The first-order valence-electron chi connectivity index (χ1n) is 7.37. The molecule has 1 atom stereocenters. The molecule has 108 valence electrons. The number of hydrogen-bond donors (Lipinski definition) is 1. The van der Waals surface area contributed by atoms with E-state index < -0.39 is 0 Å². The second-order valence-electron chi connectivity index (χ2n) is 5.48. The van der Waals surface area contributed by atoms with Gasteiger partial charge in [0.1, 0.15) is 0 Å². The summed E-state index contributed by atoms with van der Waals surface area (Å²) >= 11 is 0. The molecule has 0 aliphatic carbocycles. The molecule has 1 heterocycles. The Morgan fingerprint density at radius 3 is 2.85 bits per heavy atom. The first-order chi connectivity index (χ1) is 9.70. The molecule has 1 fully saturated rings. The van der Waals surface area contributed by atoms with Gasteiger partial charge in [-0.1, -0.05) is 35.9 Å². The van der Waals surface area contributed by atoms with E-state index in [0.717, 1.165) is 32.5 Å². The number of rotatable bonds is 7. The van der Waals surface area contributed by atoms with Crippen LogP contribution in [0, 0.1) is 6.92 Å². The summed E-state index contributed by atoms with van der Waals surface area (Å²) in [6.45, 7) is 8.29. The molecule has 1 aromatic rings. The van der Waals surface area contributed by atoms with Crippen molar-refractivity contribution in [3.63, 3.8) is 0 Å². The van der Waals surface area contributed by atoms with Crippen LogP contribution in [0.5, 0.6) is 0 Å². The van der Waals surface area contributed by atoms with E-state index in [2.05, 4.69) is 43.1 Å². The summed E-state index contributed by atoms with van der Waals surface area (Å²) in [5.74, 6) is 0.291. The topological polar surface area (TPSA) is 32.3 Å². The molecule has 0 bridgehead atoms. The first kappa shape index (κ1) is 14.8. The number of carbonyl (C=O) groups excluding carboxylic acids is 1. The van der Waals surface area contributed by atoms with Crippen LogP contribution in [0.15, 0.2) is 36.9 Å². The third-order valence-electron chi connectivity index (χ3n) is 3.87. The normalized spacial score (nSPS) is 18.6. The Hall–Kier alpha value is -1.61. The van der Waals surface area contributed by atoms with Crippen LogP contribution in [-0.4, -0.2) is 29.9 Å². The molecule has 1 saturated heterocycles. The second kappa shape index (κ2) is 7.25. The third-order valence-corrected chi connectivity index (χ3v) is 3.87. The zero-order valence-electron chi connectivity index (χ0n) is 12.3. The van der Waals surface area contributed by atoms with Gasteiger partial charge in [-0.2, -0.15) is 0 Å². The fourth-order valence-electron chi connectivity index (χ4n) is 2.67. The van der Waals surface area contributed by atoms with Crippen molar-refractivity contribution in [2.24, 2.45) is 0 Å². The van der Waals surface area contributed by atoms with Crippen molar-refractivity contribution in [3.8, 4) is 0 Å². The molecular formula is C17H24N2O.